The Morgan fingerprint density at radius 1 is 1.24 bits per heavy atom. The fraction of sp³-hybridized carbons (Fsp3) is 0.227. The summed E-state index contributed by atoms with van der Waals surface area (Å²) in [6.07, 6.45) is -2.50. The van der Waals surface area contributed by atoms with E-state index in [1.807, 2.05) is 24.1 Å². The highest BCUT2D eigenvalue weighted by Gasteiger charge is 2.30. The van der Waals surface area contributed by atoms with Gasteiger partial charge >= 0.3 is 18.0 Å². The van der Waals surface area contributed by atoms with Gasteiger partial charge in [0, 0.05) is 24.0 Å². The molecule has 4 rings (SSSR count). The van der Waals surface area contributed by atoms with Gasteiger partial charge in [0.2, 0.25) is 5.89 Å². The molecule has 1 amide bonds. The molecule has 33 heavy (non-hydrogen) atoms. The van der Waals surface area contributed by atoms with Crippen LogP contribution in [0, 0.1) is 0 Å². The number of nitrogens with one attached hydrogen (secondary N) is 2. The molecule has 0 saturated heterocycles. The van der Waals surface area contributed by atoms with Crippen molar-refractivity contribution in [2.45, 2.75) is 19.6 Å². The van der Waals surface area contributed by atoms with Crippen LogP contribution in [0.15, 0.2) is 58.8 Å². The smallest absolute Gasteiger partial charge is 0.416 e. The maximum atomic E-state index is 12.8. The van der Waals surface area contributed by atoms with Crippen LogP contribution in [0.2, 0.25) is 0 Å². The Balaban J connectivity index is 1.46. The first kappa shape index (κ1) is 22.2. The minimum absolute atomic E-state index is 0.107. The molecule has 11 heteroatoms. The van der Waals surface area contributed by atoms with Crippen molar-refractivity contribution in [1.82, 2.24) is 20.8 Å². The van der Waals surface area contributed by atoms with E-state index in [1.165, 1.54) is 12.1 Å². The number of methoxy groups -OCH3 is 1. The standard InChI is InChI=1S/C22H20F3N5O3/c1-13-11-30(12-27-13)17-7-6-15(9-18(17)32-2)20-28-29-21(33-20)19(31)26-10-14-4-3-5-16(8-14)22(23,24)25/h3-9,11,27H,10,12H2,1-2H3,(H,26,31). The Labute approximate surface area is 187 Å². The van der Waals surface area contributed by atoms with Crippen LogP contribution in [0.25, 0.3) is 11.5 Å². The molecule has 0 radical (unpaired) electrons. The van der Waals surface area contributed by atoms with E-state index >= 15 is 0 Å². The number of amides is 1. The van der Waals surface area contributed by atoms with E-state index in [0.717, 1.165) is 23.5 Å². The fourth-order valence-electron chi connectivity index (χ4n) is 3.28. The highest BCUT2D eigenvalue weighted by molar-refractivity contribution is 5.89. The zero-order valence-corrected chi connectivity index (χ0v) is 17.7. The molecule has 0 aliphatic carbocycles. The number of allylic oxidation sites excluding steroid dienone is 1. The number of nitrogens with zero attached hydrogens (tertiary/aromatic N) is 3. The number of alkyl halides is 3. The van der Waals surface area contributed by atoms with E-state index in [2.05, 4.69) is 20.8 Å². The predicted octanol–water partition coefficient (Wildman–Crippen LogP) is 3.92. The summed E-state index contributed by atoms with van der Waals surface area (Å²) in [5, 5.41) is 13.3. The van der Waals surface area contributed by atoms with Crippen molar-refractivity contribution < 1.29 is 27.1 Å². The monoisotopic (exact) mass is 459 g/mol. The molecular formula is C22H20F3N5O3. The lowest BCUT2D eigenvalue weighted by atomic mass is 10.1. The summed E-state index contributed by atoms with van der Waals surface area (Å²) < 4.78 is 49.5. The summed E-state index contributed by atoms with van der Waals surface area (Å²) in [7, 11) is 1.54. The van der Waals surface area contributed by atoms with E-state index in [9.17, 15) is 18.0 Å². The molecule has 2 heterocycles. The molecule has 2 N–H and O–H groups in total. The second kappa shape index (κ2) is 8.85. The molecule has 1 aliphatic rings. The molecule has 3 aromatic rings. The number of hydrogen-bond acceptors (Lipinski definition) is 7. The zero-order chi connectivity index (χ0) is 23.6. The number of aromatic nitrogens is 2. The average molecular weight is 459 g/mol. The third-order valence-electron chi connectivity index (χ3n) is 4.94. The van der Waals surface area contributed by atoms with Crippen molar-refractivity contribution in [2.24, 2.45) is 0 Å². The van der Waals surface area contributed by atoms with Crippen molar-refractivity contribution in [3.05, 3.63) is 71.4 Å². The topological polar surface area (TPSA) is 92.5 Å². The molecule has 0 fully saturated rings. The summed E-state index contributed by atoms with van der Waals surface area (Å²) in [6, 6.07) is 10.0. The molecular weight excluding hydrogens is 439 g/mol. The van der Waals surface area contributed by atoms with Crippen LogP contribution >= 0.6 is 0 Å². The Bertz CT molecular complexity index is 1210. The first-order valence-electron chi connectivity index (χ1n) is 9.90. The molecule has 1 aliphatic heterocycles. The second-order valence-electron chi connectivity index (χ2n) is 7.30. The lowest BCUT2D eigenvalue weighted by molar-refractivity contribution is -0.137. The lowest BCUT2D eigenvalue weighted by Gasteiger charge is -2.18. The quantitative estimate of drug-likeness (QED) is 0.577. The van der Waals surface area contributed by atoms with E-state index in [0.29, 0.717) is 23.5 Å². The minimum Gasteiger partial charge on any atom is -0.495 e. The lowest BCUT2D eigenvalue weighted by Crippen LogP contribution is -2.23. The summed E-state index contributed by atoms with van der Waals surface area (Å²) >= 11 is 0. The Kier molecular flexibility index (Phi) is 5.95. The minimum atomic E-state index is -4.46. The van der Waals surface area contributed by atoms with E-state index in [1.54, 1.807) is 19.2 Å². The predicted molar refractivity (Wildman–Crippen MR) is 113 cm³/mol. The number of halogens is 3. The largest absolute Gasteiger partial charge is 0.495 e. The summed E-state index contributed by atoms with van der Waals surface area (Å²) in [6.45, 7) is 2.44. The third kappa shape index (κ3) is 4.92. The fourth-order valence-corrected chi connectivity index (χ4v) is 3.28. The van der Waals surface area contributed by atoms with Gasteiger partial charge in [0.25, 0.3) is 0 Å². The van der Waals surface area contributed by atoms with Gasteiger partial charge in [0.05, 0.1) is 25.0 Å². The molecule has 0 atom stereocenters. The average Bonchev–Trinajstić information content (AvgIpc) is 3.46. The summed E-state index contributed by atoms with van der Waals surface area (Å²) in [4.78, 5) is 14.3. The number of anilines is 1. The normalized spacial score (nSPS) is 13.5. The van der Waals surface area contributed by atoms with Crippen LogP contribution in [0.5, 0.6) is 5.75 Å². The molecule has 0 bridgehead atoms. The van der Waals surface area contributed by atoms with E-state index < -0.39 is 17.6 Å². The van der Waals surface area contributed by atoms with Crippen LogP contribution in [0.4, 0.5) is 18.9 Å². The van der Waals surface area contributed by atoms with Crippen molar-refractivity contribution in [3.8, 4) is 17.2 Å². The SMILES string of the molecule is COc1cc(-c2nnc(C(=O)NCc3cccc(C(F)(F)F)c3)o2)ccc1N1C=C(C)NC1. The summed E-state index contributed by atoms with van der Waals surface area (Å²) in [5.74, 6) is -0.315. The number of carbonyl (C=O) groups is 1. The number of hydrogen-bond donors (Lipinski definition) is 2. The van der Waals surface area contributed by atoms with Gasteiger partial charge in [-0.1, -0.05) is 12.1 Å². The van der Waals surface area contributed by atoms with Crippen LogP contribution in [0.3, 0.4) is 0 Å². The van der Waals surface area contributed by atoms with Crippen LogP contribution in [-0.2, 0) is 12.7 Å². The molecule has 0 saturated carbocycles. The number of carbonyl (C=O) groups excluding carboxylic acids is 1. The maximum absolute atomic E-state index is 12.8. The highest BCUT2D eigenvalue weighted by atomic mass is 19.4. The first-order chi connectivity index (χ1) is 15.7. The van der Waals surface area contributed by atoms with Crippen LogP contribution < -0.4 is 20.3 Å². The third-order valence-corrected chi connectivity index (χ3v) is 4.94. The van der Waals surface area contributed by atoms with Gasteiger partial charge in [0.15, 0.2) is 0 Å². The van der Waals surface area contributed by atoms with Gasteiger partial charge < -0.3 is 24.7 Å². The van der Waals surface area contributed by atoms with Crippen LogP contribution in [-0.4, -0.2) is 29.9 Å². The van der Waals surface area contributed by atoms with E-state index in [4.69, 9.17) is 9.15 Å². The van der Waals surface area contributed by atoms with Crippen molar-refractivity contribution in [3.63, 3.8) is 0 Å². The van der Waals surface area contributed by atoms with E-state index in [-0.39, 0.29) is 18.3 Å². The number of benzene rings is 2. The van der Waals surface area contributed by atoms with Crippen molar-refractivity contribution >= 4 is 11.6 Å². The molecule has 1 aromatic heterocycles. The van der Waals surface area contributed by atoms with Gasteiger partial charge in [-0.3, -0.25) is 4.79 Å². The highest BCUT2D eigenvalue weighted by Crippen LogP contribution is 2.34. The Hall–Kier alpha value is -4.02. The van der Waals surface area contributed by atoms with Gasteiger partial charge in [-0.15, -0.1) is 10.2 Å². The Morgan fingerprint density at radius 3 is 2.76 bits per heavy atom. The van der Waals surface area contributed by atoms with Crippen LogP contribution in [0.1, 0.15) is 28.7 Å². The van der Waals surface area contributed by atoms with Gasteiger partial charge in [-0.25, -0.2) is 0 Å². The summed E-state index contributed by atoms with van der Waals surface area (Å²) in [5.41, 5.74) is 1.91. The van der Waals surface area contributed by atoms with Crippen molar-refractivity contribution in [1.29, 1.82) is 0 Å². The van der Waals surface area contributed by atoms with Gasteiger partial charge in [-0.05, 0) is 42.8 Å². The number of ether oxygens (including phenoxy) is 1. The molecule has 8 nitrogen and oxygen atoms in total. The first-order valence-corrected chi connectivity index (χ1v) is 9.90. The second-order valence-corrected chi connectivity index (χ2v) is 7.30. The Morgan fingerprint density at radius 2 is 2.06 bits per heavy atom. The number of rotatable bonds is 6. The zero-order valence-electron chi connectivity index (χ0n) is 17.7. The molecule has 0 unspecified atom stereocenters. The van der Waals surface area contributed by atoms with Crippen molar-refractivity contribution in [2.75, 3.05) is 18.7 Å². The molecule has 2 aromatic carbocycles. The molecule has 172 valence electrons. The maximum Gasteiger partial charge on any atom is 0.416 e. The van der Waals surface area contributed by atoms with Gasteiger partial charge in [-0.2, -0.15) is 13.2 Å². The van der Waals surface area contributed by atoms with Gasteiger partial charge in [0.1, 0.15) is 5.75 Å². The molecule has 0 spiro atoms.